The summed E-state index contributed by atoms with van der Waals surface area (Å²) in [6.07, 6.45) is 3.48. The minimum atomic E-state index is 0. The lowest BCUT2D eigenvalue weighted by molar-refractivity contribution is 0.415. The van der Waals surface area contributed by atoms with Crippen molar-refractivity contribution in [3.8, 4) is 16.9 Å². The smallest absolute Gasteiger partial charge is 0.206 e. The molecule has 0 amide bonds. The Morgan fingerprint density at radius 1 is 1.04 bits per heavy atom. The molecule has 3 heterocycles. The average Bonchev–Trinajstić information content (AvgIpc) is 2.90. The molecule has 0 radical (unpaired) electrons. The average molecular weight is 327 g/mol. The van der Waals surface area contributed by atoms with Crippen LogP contribution in [-0.2, 0) is 0 Å². The number of ether oxygens (including phenoxy) is 1. The number of nitrogens with zero attached hydrogens (tertiary/aromatic N) is 3. The van der Waals surface area contributed by atoms with Crippen molar-refractivity contribution in [3.05, 3.63) is 54.9 Å². The van der Waals surface area contributed by atoms with E-state index in [1.165, 1.54) is 0 Å². The Morgan fingerprint density at radius 2 is 1.91 bits per heavy atom. The Bertz CT molecular complexity index is 996. The topological polar surface area (TPSA) is 65.4 Å². The number of nitrogen functional groups attached to an aromatic ring is 1. The molecule has 0 aliphatic carbocycles. The molecule has 0 atom stereocenters. The second-order valence-corrected chi connectivity index (χ2v) is 5.01. The first-order chi connectivity index (χ1) is 10.8. The van der Waals surface area contributed by atoms with E-state index in [2.05, 4.69) is 16.0 Å². The van der Waals surface area contributed by atoms with Crippen LogP contribution in [0.1, 0.15) is 0 Å². The number of pyridine rings is 1. The zero-order valence-corrected chi connectivity index (χ0v) is 13.2. The lowest BCUT2D eigenvalue weighted by atomic mass is 10.0. The van der Waals surface area contributed by atoms with Gasteiger partial charge in [0, 0.05) is 23.3 Å². The van der Waals surface area contributed by atoms with Gasteiger partial charge in [-0.1, -0.05) is 12.1 Å². The SMILES string of the molecule is COc1cccc(-c2c3cccnc3n3c(N)nccc23)c1.Cl. The van der Waals surface area contributed by atoms with Crippen molar-refractivity contribution in [2.24, 2.45) is 0 Å². The van der Waals surface area contributed by atoms with Gasteiger partial charge in [-0.2, -0.15) is 0 Å². The van der Waals surface area contributed by atoms with Gasteiger partial charge in [-0.05, 0) is 35.9 Å². The lowest BCUT2D eigenvalue weighted by Gasteiger charge is -2.05. The number of benzene rings is 1. The van der Waals surface area contributed by atoms with E-state index < -0.39 is 0 Å². The molecule has 5 nitrogen and oxygen atoms in total. The van der Waals surface area contributed by atoms with E-state index >= 15 is 0 Å². The molecule has 4 aromatic rings. The van der Waals surface area contributed by atoms with E-state index in [9.17, 15) is 0 Å². The molecule has 0 fully saturated rings. The predicted molar refractivity (Wildman–Crippen MR) is 94.1 cm³/mol. The highest BCUT2D eigenvalue weighted by atomic mass is 35.5. The molecule has 23 heavy (non-hydrogen) atoms. The molecule has 0 aliphatic rings. The first-order valence-corrected chi connectivity index (χ1v) is 6.93. The molecule has 6 heteroatoms. The Balaban J connectivity index is 0.00000156. The Kier molecular flexibility index (Phi) is 3.80. The fourth-order valence-corrected chi connectivity index (χ4v) is 2.85. The van der Waals surface area contributed by atoms with Crippen LogP contribution in [0.3, 0.4) is 0 Å². The van der Waals surface area contributed by atoms with Crippen molar-refractivity contribution in [2.45, 2.75) is 0 Å². The van der Waals surface area contributed by atoms with Crippen LogP contribution < -0.4 is 10.5 Å². The standard InChI is InChI=1S/C17H14N4O.ClH/c1-22-12-5-2-4-11(10-12)15-13-6-3-8-19-16(13)21-14(15)7-9-20-17(21)18;/h2-10H,1H3,(H2,18,20);1H. The van der Waals surface area contributed by atoms with Gasteiger partial charge in [0.2, 0.25) is 5.95 Å². The van der Waals surface area contributed by atoms with Gasteiger partial charge in [-0.25, -0.2) is 9.97 Å². The molecule has 4 rings (SSSR count). The van der Waals surface area contributed by atoms with Gasteiger partial charge in [-0.3, -0.25) is 4.40 Å². The van der Waals surface area contributed by atoms with E-state index in [0.29, 0.717) is 5.95 Å². The number of rotatable bonds is 2. The summed E-state index contributed by atoms with van der Waals surface area (Å²) < 4.78 is 7.22. The highest BCUT2D eigenvalue weighted by Gasteiger charge is 2.16. The molecular weight excluding hydrogens is 312 g/mol. The van der Waals surface area contributed by atoms with Gasteiger partial charge in [0.1, 0.15) is 11.4 Å². The van der Waals surface area contributed by atoms with Gasteiger partial charge in [-0.15, -0.1) is 12.4 Å². The largest absolute Gasteiger partial charge is 0.497 e. The van der Waals surface area contributed by atoms with Crippen LogP contribution >= 0.6 is 12.4 Å². The predicted octanol–water partition coefficient (Wildman–Crippen LogP) is 3.56. The number of fused-ring (bicyclic) bond motifs is 3. The van der Waals surface area contributed by atoms with E-state index in [1.807, 2.05) is 40.8 Å². The maximum absolute atomic E-state index is 6.06. The number of hydrogen-bond acceptors (Lipinski definition) is 4. The molecular formula is C17H15ClN4O. The third kappa shape index (κ3) is 2.26. The molecule has 2 N–H and O–H groups in total. The van der Waals surface area contributed by atoms with Crippen LogP contribution in [0.2, 0.25) is 0 Å². The number of halogens is 1. The first-order valence-electron chi connectivity index (χ1n) is 6.93. The highest BCUT2D eigenvalue weighted by Crippen LogP contribution is 2.36. The molecule has 3 aromatic heterocycles. The molecule has 1 aromatic carbocycles. The summed E-state index contributed by atoms with van der Waals surface area (Å²) in [4.78, 5) is 8.64. The fourth-order valence-electron chi connectivity index (χ4n) is 2.85. The summed E-state index contributed by atoms with van der Waals surface area (Å²) in [6, 6.07) is 13.9. The molecule has 0 saturated carbocycles. The summed E-state index contributed by atoms with van der Waals surface area (Å²) in [5.74, 6) is 1.24. The molecule has 0 aliphatic heterocycles. The minimum absolute atomic E-state index is 0. The third-order valence-electron chi connectivity index (χ3n) is 3.79. The molecule has 0 bridgehead atoms. The van der Waals surface area contributed by atoms with E-state index in [0.717, 1.165) is 33.4 Å². The fraction of sp³-hybridized carbons (Fsp3) is 0.0588. The summed E-state index contributed by atoms with van der Waals surface area (Å²) in [5.41, 5.74) is 9.98. The second-order valence-electron chi connectivity index (χ2n) is 5.01. The summed E-state index contributed by atoms with van der Waals surface area (Å²) >= 11 is 0. The molecule has 0 unspecified atom stereocenters. The van der Waals surface area contributed by atoms with E-state index in [4.69, 9.17) is 10.5 Å². The van der Waals surface area contributed by atoms with Gasteiger partial charge in [0.25, 0.3) is 0 Å². The molecule has 0 spiro atoms. The maximum Gasteiger partial charge on any atom is 0.206 e. The Labute approximate surface area is 139 Å². The number of hydrogen-bond donors (Lipinski definition) is 1. The Hall–Kier alpha value is -2.79. The van der Waals surface area contributed by atoms with E-state index in [-0.39, 0.29) is 12.4 Å². The highest BCUT2D eigenvalue weighted by molar-refractivity contribution is 6.04. The van der Waals surface area contributed by atoms with Crippen LogP contribution in [0.4, 0.5) is 5.95 Å². The van der Waals surface area contributed by atoms with Crippen molar-refractivity contribution in [1.29, 1.82) is 0 Å². The summed E-state index contributed by atoms with van der Waals surface area (Å²) in [6.45, 7) is 0. The normalized spacial score (nSPS) is 10.7. The maximum atomic E-state index is 6.06. The minimum Gasteiger partial charge on any atom is -0.497 e. The summed E-state index contributed by atoms with van der Waals surface area (Å²) in [5, 5.41) is 1.04. The molecule has 116 valence electrons. The molecule has 0 saturated heterocycles. The van der Waals surface area contributed by atoms with Gasteiger partial charge in [0.15, 0.2) is 0 Å². The number of anilines is 1. The van der Waals surface area contributed by atoms with Crippen molar-refractivity contribution >= 4 is 34.9 Å². The summed E-state index contributed by atoms with van der Waals surface area (Å²) in [7, 11) is 1.67. The van der Waals surface area contributed by atoms with Crippen molar-refractivity contribution in [2.75, 3.05) is 12.8 Å². The van der Waals surface area contributed by atoms with Crippen LogP contribution in [0.15, 0.2) is 54.9 Å². The third-order valence-corrected chi connectivity index (χ3v) is 3.79. The van der Waals surface area contributed by atoms with Crippen LogP contribution in [0, 0.1) is 0 Å². The lowest BCUT2D eigenvalue weighted by Crippen LogP contribution is -1.99. The number of nitrogens with two attached hydrogens (primary N) is 1. The number of methoxy groups -OCH3 is 1. The first kappa shape index (κ1) is 15.1. The second kappa shape index (κ2) is 5.78. The van der Waals surface area contributed by atoms with Crippen molar-refractivity contribution < 1.29 is 4.74 Å². The van der Waals surface area contributed by atoms with Crippen molar-refractivity contribution in [3.63, 3.8) is 0 Å². The van der Waals surface area contributed by atoms with Crippen molar-refractivity contribution in [1.82, 2.24) is 14.4 Å². The van der Waals surface area contributed by atoms with Crippen LogP contribution in [-0.4, -0.2) is 21.5 Å². The van der Waals surface area contributed by atoms with Gasteiger partial charge >= 0.3 is 0 Å². The van der Waals surface area contributed by atoms with Gasteiger partial charge in [0.05, 0.1) is 12.6 Å². The van der Waals surface area contributed by atoms with Crippen LogP contribution in [0.25, 0.3) is 27.7 Å². The zero-order chi connectivity index (χ0) is 15.1. The Morgan fingerprint density at radius 3 is 2.74 bits per heavy atom. The zero-order valence-electron chi connectivity index (χ0n) is 12.4. The quantitative estimate of drug-likeness (QED) is 0.611. The van der Waals surface area contributed by atoms with E-state index in [1.54, 1.807) is 19.5 Å². The monoisotopic (exact) mass is 326 g/mol. The van der Waals surface area contributed by atoms with Crippen LogP contribution in [0.5, 0.6) is 5.75 Å². The van der Waals surface area contributed by atoms with Gasteiger partial charge < -0.3 is 10.5 Å². The number of aromatic nitrogens is 3.